The molecule has 2 rings (SSSR count). The van der Waals surface area contributed by atoms with Gasteiger partial charge < -0.3 is 19.5 Å². The third-order valence-corrected chi connectivity index (χ3v) is 3.02. The van der Waals surface area contributed by atoms with Gasteiger partial charge in [0.05, 0.1) is 18.8 Å². The van der Waals surface area contributed by atoms with Gasteiger partial charge in [0, 0.05) is 12.1 Å². The highest BCUT2D eigenvalue weighted by molar-refractivity contribution is 7.96. The summed E-state index contributed by atoms with van der Waals surface area (Å²) in [7, 11) is 1.58. The van der Waals surface area contributed by atoms with Gasteiger partial charge in [-0.2, -0.15) is 4.98 Å². The lowest BCUT2D eigenvalue weighted by Gasteiger charge is -2.13. The third kappa shape index (κ3) is 5.68. The smallest absolute Gasteiger partial charge is 0.257 e. The van der Waals surface area contributed by atoms with Crippen LogP contribution in [0.15, 0.2) is 36.4 Å². The summed E-state index contributed by atoms with van der Waals surface area (Å²) in [5, 5.41) is 9.29. The molecule has 132 valence electrons. The number of amidine groups is 1. The van der Waals surface area contributed by atoms with Crippen molar-refractivity contribution in [3.05, 3.63) is 42.0 Å². The molecular weight excluding hydrogens is 342 g/mol. The maximum Gasteiger partial charge on any atom is 0.257 e. The first-order chi connectivity index (χ1) is 11.9. The fourth-order valence-electron chi connectivity index (χ4n) is 1.91. The minimum Gasteiger partial charge on any atom is -0.497 e. The van der Waals surface area contributed by atoms with Gasteiger partial charge in [-0.25, -0.2) is 0 Å². The van der Waals surface area contributed by atoms with Crippen LogP contribution in [-0.2, 0) is 0 Å². The van der Waals surface area contributed by atoms with Crippen LogP contribution in [0.3, 0.4) is 0 Å². The van der Waals surface area contributed by atoms with Crippen molar-refractivity contribution < 1.29 is 19.0 Å². The Morgan fingerprint density at radius 1 is 1.16 bits per heavy atom. The first-order valence-electron chi connectivity index (χ1n) is 7.47. The predicted molar refractivity (Wildman–Crippen MR) is 97.2 cm³/mol. The first-order valence-corrected chi connectivity index (χ1v) is 7.91. The topological polar surface area (TPSA) is 93.5 Å². The number of nitrogens with one attached hydrogen (secondary N) is 2. The van der Waals surface area contributed by atoms with E-state index in [0.29, 0.717) is 11.5 Å². The first kappa shape index (κ1) is 18.6. The summed E-state index contributed by atoms with van der Waals surface area (Å²) in [6, 6.07) is 9.88. The van der Waals surface area contributed by atoms with E-state index in [1.807, 2.05) is 13.8 Å². The molecule has 0 saturated carbocycles. The summed E-state index contributed by atoms with van der Waals surface area (Å²) in [6.07, 6.45) is -0.122. The van der Waals surface area contributed by atoms with Crippen LogP contribution in [-0.4, -0.2) is 29.3 Å². The van der Waals surface area contributed by atoms with Crippen LogP contribution in [0.25, 0.3) is 0 Å². The molecule has 0 saturated heterocycles. The van der Waals surface area contributed by atoms with Crippen LogP contribution in [0.1, 0.15) is 24.2 Å². The van der Waals surface area contributed by atoms with E-state index < -0.39 is 5.91 Å². The minimum atomic E-state index is -0.504. The Labute approximate surface area is 151 Å². The highest BCUT2D eigenvalue weighted by Crippen LogP contribution is 2.26. The van der Waals surface area contributed by atoms with Gasteiger partial charge in [0.25, 0.3) is 5.91 Å². The number of thiol groups is 1. The summed E-state index contributed by atoms with van der Waals surface area (Å²) < 4.78 is 16.4. The largest absolute Gasteiger partial charge is 0.497 e. The summed E-state index contributed by atoms with van der Waals surface area (Å²) in [5.41, 5.74) is 0.243. The number of carbonyl (C=O) groups excluding carboxylic acids is 1. The summed E-state index contributed by atoms with van der Waals surface area (Å²) in [4.78, 5) is 16.4. The van der Waals surface area contributed by atoms with Gasteiger partial charge in [-0.15, -0.1) is 12.6 Å². The zero-order valence-electron chi connectivity index (χ0n) is 14.1. The van der Waals surface area contributed by atoms with Gasteiger partial charge in [0.1, 0.15) is 11.5 Å². The van der Waals surface area contributed by atoms with Crippen molar-refractivity contribution in [1.82, 2.24) is 10.3 Å². The number of methoxy groups -OCH3 is 1. The second-order valence-electron chi connectivity index (χ2n) is 5.28. The fraction of sp³-hybridized carbons (Fsp3) is 0.235. The van der Waals surface area contributed by atoms with E-state index in [1.54, 1.807) is 31.4 Å². The lowest BCUT2D eigenvalue weighted by Crippen LogP contribution is -2.26. The molecule has 1 amide bonds. The van der Waals surface area contributed by atoms with Gasteiger partial charge in [0.2, 0.25) is 11.8 Å². The molecule has 1 aromatic carbocycles. The van der Waals surface area contributed by atoms with E-state index in [9.17, 15) is 4.79 Å². The molecule has 0 aliphatic carbocycles. The lowest BCUT2D eigenvalue weighted by molar-refractivity contribution is 0.0976. The van der Waals surface area contributed by atoms with Gasteiger partial charge in [0.15, 0.2) is 5.17 Å². The summed E-state index contributed by atoms with van der Waals surface area (Å²) in [6.45, 7) is 3.70. The zero-order valence-corrected chi connectivity index (χ0v) is 15.0. The number of hydrogen-bond donors (Lipinski definition) is 3. The molecule has 2 N–H and O–H groups in total. The molecule has 25 heavy (non-hydrogen) atoms. The van der Waals surface area contributed by atoms with E-state index in [0.717, 1.165) is 0 Å². The van der Waals surface area contributed by atoms with Crippen molar-refractivity contribution in [2.45, 2.75) is 20.0 Å². The molecule has 1 heterocycles. The Bertz CT molecular complexity index is 763. The second-order valence-corrected chi connectivity index (χ2v) is 5.73. The SMILES string of the molecule is COc1ccc(Oc2cc(C(=O)NC(=N)S)cc(OC(C)C)n2)cc1. The lowest BCUT2D eigenvalue weighted by atomic mass is 10.2. The van der Waals surface area contributed by atoms with Crippen LogP contribution in [0.5, 0.6) is 23.3 Å². The maximum atomic E-state index is 12.1. The normalized spacial score (nSPS) is 10.3. The molecule has 0 aliphatic rings. The van der Waals surface area contributed by atoms with Crippen molar-refractivity contribution in [1.29, 1.82) is 5.41 Å². The molecule has 2 aromatic rings. The molecule has 0 spiro atoms. The number of rotatable bonds is 6. The molecule has 0 radical (unpaired) electrons. The van der Waals surface area contributed by atoms with E-state index in [2.05, 4.69) is 22.9 Å². The zero-order chi connectivity index (χ0) is 18.4. The number of nitrogens with zero attached hydrogens (tertiary/aromatic N) is 1. The average molecular weight is 361 g/mol. The third-order valence-electron chi connectivity index (χ3n) is 2.91. The van der Waals surface area contributed by atoms with E-state index in [-0.39, 0.29) is 28.6 Å². The maximum absolute atomic E-state index is 12.1. The highest BCUT2D eigenvalue weighted by atomic mass is 32.1. The predicted octanol–water partition coefficient (Wildman–Crippen LogP) is 3.26. The van der Waals surface area contributed by atoms with Crippen LogP contribution in [0, 0.1) is 5.41 Å². The molecule has 0 aliphatic heterocycles. The molecule has 0 bridgehead atoms. The highest BCUT2D eigenvalue weighted by Gasteiger charge is 2.13. The number of aromatic nitrogens is 1. The monoisotopic (exact) mass is 361 g/mol. The molecular formula is C17H19N3O4S. The van der Waals surface area contributed by atoms with Crippen LogP contribution in [0.4, 0.5) is 0 Å². The van der Waals surface area contributed by atoms with Gasteiger partial charge in [-0.1, -0.05) is 0 Å². The molecule has 0 unspecified atom stereocenters. The number of hydrogen-bond acceptors (Lipinski definition) is 6. The van der Waals surface area contributed by atoms with Crippen LogP contribution >= 0.6 is 12.6 Å². The molecule has 0 atom stereocenters. The number of amides is 1. The Morgan fingerprint density at radius 3 is 2.32 bits per heavy atom. The van der Waals surface area contributed by atoms with Gasteiger partial charge in [-0.05, 0) is 38.1 Å². The Balaban J connectivity index is 2.30. The molecule has 1 aromatic heterocycles. The summed E-state index contributed by atoms with van der Waals surface area (Å²) in [5.74, 6) is 1.17. The van der Waals surface area contributed by atoms with Crippen LogP contribution < -0.4 is 19.5 Å². The standard InChI is InChI=1S/C17H19N3O4S/c1-10(2)23-14-8-11(16(21)20-17(18)25)9-15(19-14)24-13-6-4-12(22-3)5-7-13/h4-10H,1-3H3,(H3,18,20,21,25). The Hall–Kier alpha value is -2.74. The van der Waals surface area contributed by atoms with Crippen molar-refractivity contribution in [3.63, 3.8) is 0 Å². The number of pyridine rings is 1. The number of benzene rings is 1. The molecule has 8 heteroatoms. The Morgan fingerprint density at radius 2 is 1.76 bits per heavy atom. The van der Waals surface area contributed by atoms with Crippen LogP contribution in [0.2, 0.25) is 0 Å². The minimum absolute atomic E-state index is 0.122. The number of ether oxygens (including phenoxy) is 3. The van der Waals surface area contributed by atoms with E-state index in [4.69, 9.17) is 19.6 Å². The van der Waals surface area contributed by atoms with Crippen molar-refractivity contribution in [3.8, 4) is 23.3 Å². The number of carbonyl (C=O) groups is 1. The fourth-order valence-corrected chi connectivity index (χ4v) is 2.01. The average Bonchev–Trinajstić information content (AvgIpc) is 2.54. The Kier molecular flexibility index (Phi) is 6.24. The van der Waals surface area contributed by atoms with E-state index >= 15 is 0 Å². The van der Waals surface area contributed by atoms with E-state index in [1.165, 1.54) is 12.1 Å². The summed E-state index contributed by atoms with van der Waals surface area (Å²) >= 11 is 3.76. The van der Waals surface area contributed by atoms with Gasteiger partial charge >= 0.3 is 0 Å². The van der Waals surface area contributed by atoms with Crippen molar-refractivity contribution in [2.75, 3.05) is 7.11 Å². The molecule has 0 fully saturated rings. The molecule has 7 nitrogen and oxygen atoms in total. The van der Waals surface area contributed by atoms with Crippen molar-refractivity contribution in [2.24, 2.45) is 0 Å². The quantitative estimate of drug-likeness (QED) is 0.417. The van der Waals surface area contributed by atoms with Crippen molar-refractivity contribution >= 4 is 23.7 Å². The van der Waals surface area contributed by atoms with Gasteiger partial charge in [-0.3, -0.25) is 10.2 Å². The second kappa shape index (κ2) is 8.39.